The van der Waals surface area contributed by atoms with Gasteiger partial charge < -0.3 is 15.0 Å². The fourth-order valence-electron chi connectivity index (χ4n) is 2.85. The Morgan fingerprint density at radius 2 is 2.17 bits per heavy atom. The van der Waals surface area contributed by atoms with Gasteiger partial charge in [0.15, 0.2) is 0 Å². The lowest BCUT2D eigenvalue weighted by Crippen LogP contribution is -2.36. The van der Waals surface area contributed by atoms with Crippen molar-refractivity contribution >= 4 is 22.7 Å². The Balaban J connectivity index is 1.72. The highest BCUT2D eigenvalue weighted by Gasteiger charge is 2.30. The molecule has 1 aliphatic rings. The third-order valence-corrected chi connectivity index (χ3v) is 3.92. The minimum absolute atomic E-state index is 0.0159. The molecule has 0 spiro atoms. The van der Waals surface area contributed by atoms with Gasteiger partial charge in [-0.15, -0.1) is 0 Å². The molecule has 1 saturated heterocycles. The summed E-state index contributed by atoms with van der Waals surface area (Å²) >= 11 is 0. The molecule has 3 rings (SSSR count). The second-order valence-electron chi connectivity index (χ2n) is 7.05. The molecule has 0 saturated carbocycles. The van der Waals surface area contributed by atoms with Gasteiger partial charge >= 0.3 is 6.09 Å². The number of carbonyl (C=O) groups excluding carboxylic acids is 1. The summed E-state index contributed by atoms with van der Waals surface area (Å²) in [5, 5.41) is 3.98. The van der Waals surface area contributed by atoms with Crippen LogP contribution in [0.1, 0.15) is 27.2 Å². The molecule has 0 aliphatic carbocycles. The third kappa shape index (κ3) is 3.58. The number of nitrogens with zero attached hydrogens (tertiary/aromatic N) is 2. The van der Waals surface area contributed by atoms with Gasteiger partial charge in [0, 0.05) is 30.7 Å². The highest BCUT2D eigenvalue weighted by Crippen LogP contribution is 2.27. The third-order valence-electron chi connectivity index (χ3n) is 3.92. The Kier molecular flexibility index (Phi) is 4.30. The average Bonchev–Trinajstić information content (AvgIpc) is 2.97. The molecule has 1 N–H and O–H groups in total. The van der Waals surface area contributed by atoms with Gasteiger partial charge in [0.05, 0.1) is 11.2 Å². The Bertz CT molecular complexity index is 758. The number of hydrogen-bond acceptors (Lipinski definition) is 4. The van der Waals surface area contributed by atoms with Gasteiger partial charge in [-0.1, -0.05) is 0 Å². The van der Waals surface area contributed by atoms with E-state index in [1.54, 1.807) is 23.2 Å². The van der Waals surface area contributed by atoms with E-state index in [9.17, 15) is 9.18 Å². The molecule has 128 valence electrons. The molecule has 2 aromatic rings. The van der Waals surface area contributed by atoms with Crippen molar-refractivity contribution < 1.29 is 13.9 Å². The summed E-state index contributed by atoms with van der Waals surface area (Å²) in [6.07, 6.45) is 2.10. The Hall–Kier alpha value is -2.37. The van der Waals surface area contributed by atoms with Crippen molar-refractivity contribution in [2.24, 2.45) is 0 Å². The lowest BCUT2D eigenvalue weighted by molar-refractivity contribution is 0.0293. The molecule has 0 radical (unpaired) electrons. The molecule has 1 fully saturated rings. The normalized spacial score (nSPS) is 18.0. The van der Waals surface area contributed by atoms with Crippen LogP contribution in [0, 0.1) is 5.82 Å². The van der Waals surface area contributed by atoms with Crippen molar-refractivity contribution in [3.8, 4) is 0 Å². The number of carbonyl (C=O) groups is 1. The largest absolute Gasteiger partial charge is 0.444 e. The van der Waals surface area contributed by atoms with Crippen molar-refractivity contribution in [2.45, 2.75) is 38.8 Å². The number of halogens is 1. The molecular formula is C18H22FN3O2. The summed E-state index contributed by atoms with van der Waals surface area (Å²) in [5.74, 6) is -0.314. The van der Waals surface area contributed by atoms with E-state index in [-0.39, 0.29) is 18.0 Å². The quantitative estimate of drug-likeness (QED) is 0.909. The van der Waals surface area contributed by atoms with Crippen LogP contribution < -0.4 is 5.32 Å². The van der Waals surface area contributed by atoms with Crippen LogP contribution in [-0.4, -0.2) is 40.7 Å². The van der Waals surface area contributed by atoms with Crippen molar-refractivity contribution in [3.05, 3.63) is 36.3 Å². The lowest BCUT2D eigenvalue weighted by atomic mass is 10.1. The zero-order valence-electron chi connectivity index (χ0n) is 14.2. The predicted molar refractivity (Wildman–Crippen MR) is 91.5 cm³/mol. The minimum atomic E-state index is -0.518. The molecule has 1 aromatic carbocycles. The maximum absolute atomic E-state index is 14.3. The minimum Gasteiger partial charge on any atom is -0.444 e. The van der Waals surface area contributed by atoms with Crippen LogP contribution in [0.25, 0.3) is 10.9 Å². The van der Waals surface area contributed by atoms with E-state index in [0.29, 0.717) is 18.8 Å². The number of benzene rings is 1. The summed E-state index contributed by atoms with van der Waals surface area (Å²) in [5.41, 5.74) is 0.663. The standard InChI is InChI=1S/C18H22FN3O2/c1-18(2,3)24-17(23)22-10-8-12(11-22)21-16-13-5-4-9-20-15(13)7-6-14(16)19/h4-7,9,12,21H,8,10-11H2,1-3H3/t12-/m0/s1. The number of ether oxygens (including phenoxy) is 1. The van der Waals surface area contributed by atoms with E-state index in [1.165, 1.54) is 6.07 Å². The van der Waals surface area contributed by atoms with Gasteiger partial charge in [-0.2, -0.15) is 0 Å². The number of aromatic nitrogens is 1. The second-order valence-corrected chi connectivity index (χ2v) is 7.05. The Morgan fingerprint density at radius 1 is 1.38 bits per heavy atom. The van der Waals surface area contributed by atoms with E-state index >= 15 is 0 Å². The number of anilines is 1. The molecule has 1 atom stereocenters. The van der Waals surface area contributed by atoms with Gasteiger partial charge in [0.1, 0.15) is 11.4 Å². The fraction of sp³-hybridized carbons (Fsp3) is 0.444. The topological polar surface area (TPSA) is 54.5 Å². The molecule has 5 nitrogen and oxygen atoms in total. The summed E-state index contributed by atoms with van der Waals surface area (Å²) in [6, 6.07) is 6.69. The highest BCUT2D eigenvalue weighted by molar-refractivity contribution is 5.91. The van der Waals surface area contributed by atoms with Gasteiger partial charge in [-0.3, -0.25) is 4.98 Å². The van der Waals surface area contributed by atoms with Crippen molar-refractivity contribution in [2.75, 3.05) is 18.4 Å². The molecule has 24 heavy (non-hydrogen) atoms. The van der Waals surface area contributed by atoms with Crippen LogP contribution in [0.2, 0.25) is 0 Å². The number of hydrogen-bond donors (Lipinski definition) is 1. The van der Waals surface area contributed by atoms with Crippen molar-refractivity contribution in [3.63, 3.8) is 0 Å². The SMILES string of the molecule is CC(C)(C)OC(=O)N1CC[C@H](Nc2c(F)ccc3ncccc23)C1. The maximum Gasteiger partial charge on any atom is 0.410 e. The number of nitrogens with one attached hydrogen (secondary N) is 1. The van der Waals surface area contributed by atoms with E-state index in [0.717, 1.165) is 17.3 Å². The first-order valence-electron chi connectivity index (χ1n) is 8.11. The predicted octanol–water partition coefficient (Wildman–Crippen LogP) is 3.80. The molecule has 1 amide bonds. The van der Waals surface area contributed by atoms with E-state index < -0.39 is 5.60 Å². The van der Waals surface area contributed by atoms with E-state index in [2.05, 4.69) is 10.3 Å². The first-order chi connectivity index (χ1) is 11.3. The summed E-state index contributed by atoms with van der Waals surface area (Å²) in [4.78, 5) is 18.0. The van der Waals surface area contributed by atoms with Crippen LogP contribution in [0.15, 0.2) is 30.5 Å². The molecule has 0 unspecified atom stereocenters. The van der Waals surface area contributed by atoms with E-state index in [4.69, 9.17) is 4.74 Å². The fourth-order valence-corrected chi connectivity index (χ4v) is 2.85. The van der Waals surface area contributed by atoms with Crippen LogP contribution in [-0.2, 0) is 4.74 Å². The highest BCUT2D eigenvalue weighted by atomic mass is 19.1. The summed E-state index contributed by atoms with van der Waals surface area (Å²) in [6.45, 7) is 6.61. The Morgan fingerprint density at radius 3 is 2.92 bits per heavy atom. The lowest BCUT2D eigenvalue weighted by Gasteiger charge is -2.24. The molecule has 0 bridgehead atoms. The molecular weight excluding hydrogens is 309 g/mol. The van der Waals surface area contributed by atoms with Crippen molar-refractivity contribution in [1.82, 2.24) is 9.88 Å². The zero-order valence-corrected chi connectivity index (χ0v) is 14.2. The summed E-state index contributed by atoms with van der Waals surface area (Å²) in [7, 11) is 0. The maximum atomic E-state index is 14.3. The van der Waals surface area contributed by atoms with Crippen LogP contribution in [0.3, 0.4) is 0 Å². The average molecular weight is 331 g/mol. The molecule has 2 heterocycles. The summed E-state index contributed by atoms with van der Waals surface area (Å²) < 4.78 is 19.6. The molecule has 1 aliphatic heterocycles. The number of rotatable bonds is 2. The first kappa shape index (κ1) is 16.5. The van der Waals surface area contributed by atoms with Gasteiger partial charge in [-0.25, -0.2) is 9.18 Å². The second kappa shape index (κ2) is 6.26. The van der Waals surface area contributed by atoms with Gasteiger partial charge in [-0.05, 0) is 51.5 Å². The number of fused-ring (bicyclic) bond motifs is 1. The number of amides is 1. The number of likely N-dealkylation sites (tertiary alicyclic amines) is 1. The van der Waals surface area contributed by atoms with Crippen LogP contribution in [0.4, 0.5) is 14.9 Å². The van der Waals surface area contributed by atoms with Crippen LogP contribution >= 0.6 is 0 Å². The van der Waals surface area contributed by atoms with Gasteiger partial charge in [0.25, 0.3) is 0 Å². The first-order valence-corrected chi connectivity index (χ1v) is 8.11. The van der Waals surface area contributed by atoms with Crippen LogP contribution in [0.5, 0.6) is 0 Å². The molecule has 6 heteroatoms. The number of pyridine rings is 1. The van der Waals surface area contributed by atoms with Crippen molar-refractivity contribution in [1.29, 1.82) is 0 Å². The smallest absolute Gasteiger partial charge is 0.410 e. The molecule has 1 aromatic heterocycles. The van der Waals surface area contributed by atoms with Gasteiger partial charge in [0.2, 0.25) is 0 Å². The monoisotopic (exact) mass is 331 g/mol. The Labute approximate surface area is 140 Å². The van der Waals surface area contributed by atoms with E-state index in [1.807, 2.05) is 26.8 Å². The zero-order chi connectivity index (χ0) is 17.3.